The van der Waals surface area contributed by atoms with Gasteiger partial charge < -0.3 is 5.32 Å². The molecule has 4 heteroatoms. The van der Waals surface area contributed by atoms with Gasteiger partial charge in [-0.15, -0.1) is 0 Å². The molecule has 3 nitrogen and oxygen atoms in total. The van der Waals surface area contributed by atoms with Crippen molar-refractivity contribution >= 4 is 11.6 Å². The second-order valence-corrected chi connectivity index (χ2v) is 5.52. The monoisotopic (exact) mass is 300 g/mol. The first-order chi connectivity index (χ1) is 10.5. The lowest BCUT2D eigenvalue weighted by molar-refractivity contribution is -0.117. The van der Waals surface area contributed by atoms with Gasteiger partial charge in [-0.3, -0.25) is 10.1 Å². The molecule has 116 valence electrons. The molecule has 1 amide bonds. The van der Waals surface area contributed by atoms with Gasteiger partial charge in [0.15, 0.2) is 0 Å². The minimum Gasteiger partial charge on any atom is -0.325 e. The predicted octanol–water partition coefficient (Wildman–Crippen LogP) is 3.81. The number of hydrogen-bond donors (Lipinski definition) is 2. The Hall–Kier alpha value is -2.20. The van der Waals surface area contributed by atoms with Crippen molar-refractivity contribution in [1.82, 2.24) is 5.32 Å². The van der Waals surface area contributed by atoms with Crippen LogP contribution in [0.25, 0.3) is 0 Å². The highest BCUT2D eigenvalue weighted by atomic mass is 19.1. The van der Waals surface area contributed by atoms with E-state index < -0.39 is 0 Å². The van der Waals surface area contributed by atoms with E-state index in [1.54, 1.807) is 12.1 Å². The summed E-state index contributed by atoms with van der Waals surface area (Å²) in [6.07, 6.45) is 0. The third-order valence-corrected chi connectivity index (χ3v) is 3.58. The summed E-state index contributed by atoms with van der Waals surface area (Å²) in [5.74, 6) is -0.362. The zero-order valence-electron chi connectivity index (χ0n) is 13.1. The van der Waals surface area contributed by atoms with E-state index in [-0.39, 0.29) is 23.8 Å². The summed E-state index contributed by atoms with van der Waals surface area (Å²) < 4.78 is 12.9. The van der Waals surface area contributed by atoms with E-state index in [2.05, 4.69) is 10.6 Å². The molecule has 0 aromatic heterocycles. The Balaban J connectivity index is 1.93. The van der Waals surface area contributed by atoms with Crippen LogP contribution < -0.4 is 10.6 Å². The minimum absolute atomic E-state index is 0.0423. The molecule has 0 saturated carbocycles. The van der Waals surface area contributed by atoms with Gasteiger partial charge >= 0.3 is 0 Å². The van der Waals surface area contributed by atoms with Crippen molar-refractivity contribution in [3.63, 3.8) is 0 Å². The molecule has 0 aliphatic rings. The predicted molar refractivity (Wildman–Crippen MR) is 87.2 cm³/mol. The van der Waals surface area contributed by atoms with Crippen molar-refractivity contribution in [2.24, 2.45) is 0 Å². The van der Waals surface area contributed by atoms with Crippen molar-refractivity contribution in [3.8, 4) is 0 Å². The summed E-state index contributed by atoms with van der Waals surface area (Å²) in [5, 5.41) is 6.09. The van der Waals surface area contributed by atoms with Crippen LogP contribution in [0.3, 0.4) is 0 Å². The lowest BCUT2D eigenvalue weighted by Gasteiger charge is -2.20. The molecule has 2 aromatic rings. The topological polar surface area (TPSA) is 41.1 Å². The summed E-state index contributed by atoms with van der Waals surface area (Å²) in [4.78, 5) is 12.2. The van der Waals surface area contributed by atoms with E-state index in [4.69, 9.17) is 0 Å². The first-order valence-electron chi connectivity index (χ1n) is 7.35. The average Bonchev–Trinajstić information content (AvgIpc) is 2.50. The highest BCUT2D eigenvalue weighted by molar-refractivity contribution is 5.94. The summed E-state index contributed by atoms with van der Waals surface area (Å²) in [7, 11) is 0. The molecular weight excluding hydrogens is 279 g/mol. The van der Waals surface area contributed by atoms with Crippen LogP contribution in [0.2, 0.25) is 0 Å². The van der Waals surface area contributed by atoms with Crippen LogP contribution in [-0.2, 0) is 4.79 Å². The molecule has 0 bridgehead atoms. The maximum atomic E-state index is 12.9. The molecule has 2 atom stereocenters. The van der Waals surface area contributed by atoms with Gasteiger partial charge in [-0.25, -0.2) is 4.39 Å². The first-order valence-corrected chi connectivity index (χ1v) is 7.35. The first kappa shape index (κ1) is 16.2. The van der Waals surface area contributed by atoms with E-state index in [0.29, 0.717) is 0 Å². The summed E-state index contributed by atoms with van der Waals surface area (Å²) in [6, 6.07) is 13.5. The van der Waals surface area contributed by atoms with Crippen LogP contribution in [0.15, 0.2) is 48.5 Å². The average molecular weight is 300 g/mol. The Labute approximate surface area is 130 Å². The van der Waals surface area contributed by atoms with Gasteiger partial charge in [0.1, 0.15) is 5.82 Å². The van der Waals surface area contributed by atoms with Crippen molar-refractivity contribution < 1.29 is 9.18 Å². The molecule has 0 unspecified atom stereocenters. The Kier molecular flexibility index (Phi) is 5.28. The largest absolute Gasteiger partial charge is 0.325 e. The zero-order chi connectivity index (χ0) is 16.1. The number of carbonyl (C=O) groups excluding carboxylic acids is 1. The lowest BCUT2D eigenvalue weighted by atomic mass is 10.1. The molecule has 2 aromatic carbocycles. The highest BCUT2D eigenvalue weighted by Crippen LogP contribution is 2.14. The molecule has 0 radical (unpaired) electrons. The van der Waals surface area contributed by atoms with Crippen LogP contribution in [0.5, 0.6) is 0 Å². The number of carbonyl (C=O) groups is 1. The highest BCUT2D eigenvalue weighted by Gasteiger charge is 2.16. The Morgan fingerprint density at radius 1 is 1.00 bits per heavy atom. The standard InChI is InChI=1S/C18H21FN2O/c1-12-4-10-17(11-5-12)21-18(22)14(3)20-13(2)15-6-8-16(19)9-7-15/h4-11,13-14,20H,1-3H3,(H,21,22)/t13-,14-/m0/s1. The second kappa shape index (κ2) is 7.18. The fourth-order valence-corrected chi connectivity index (χ4v) is 2.19. The van der Waals surface area contributed by atoms with E-state index in [1.807, 2.05) is 45.0 Å². The number of aryl methyl sites for hydroxylation is 1. The van der Waals surface area contributed by atoms with Crippen molar-refractivity contribution in [1.29, 1.82) is 0 Å². The molecule has 2 rings (SSSR count). The normalized spacial score (nSPS) is 13.5. The third kappa shape index (κ3) is 4.40. The van der Waals surface area contributed by atoms with Crippen LogP contribution in [-0.4, -0.2) is 11.9 Å². The third-order valence-electron chi connectivity index (χ3n) is 3.58. The molecule has 0 fully saturated rings. The summed E-state index contributed by atoms with van der Waals surface area (Å²) >= 11 is 0. The van der Waals surface area contributed by atoms with Gasteiger partial charge in [0.05, 0.1) is 6.04 Å². The number of halogens is 1. The molecule has 0 saturated heterocycles. The number of benzene rings is 2. The van der Waals surface area contributed by atoms with Crippen molar-refractivity contribution in [2.45, 2.75) is 32.9 Å². The van der Waals surface area contributed by atoms with Gasteiger partial charge in [-0.05, 0) is 50.6 Å². The number of amides is 1. The Bertz CT molecular complexity index is 623. The van der Waals surface area contributed by atoms with Crippen LogP contribution in [0.1, 0.15) is 31.0 Å². The lowest BCUT2D eigenvalue weighted by Crippen LogP contribution is -2.39. The molecule has 2 N–H and O–H groups in total. The summed E-state index contributed by atoms with van der Waals surface area (Å²) in [6.45, 7) is 5.76. The maximum Gasteiger partial charge on any atom is 0.241 e. The number of nitrogens with one attached hydrogen (secondary N) is 2. The number of hydrogen-bond acceptors (Lipinski definition) is 2. The van der Waals surface area contributed by atoms with Gasteiger partial charge in [-0.2, -0.15) is 0 Å². The molecule has 0 heterocycles. The molecule has 22 heavy (non-hydrogen) atoms. The van der Waals surface area contributed by atoms with Gasteiger partial charge in [0.25, 0.3) is 0 Å². The number of anilines is 1. The van der Waals surface area contributed by atoms with E-state index in [1.165, 1.54) is 12.1 Å². The fraction of sp³-hybridized carbons (Fsp3) is 0.278. The van der Waals surface area contributed by atoms with E-state index in [9.17, 15) is 9.18 Å². The zero-order valence-corrected chi connectivity index (χ0v) is 13.1. The van der Waals surface area contributed by atoms with E-state index in [0.717, 1.165) is 16.8 Å². The smallest absolute Gasteiger partial charge is 0.241 e. The second-order valence-electron chi connectivity index (χ2n) is 5.52. The SMILES string of the molecule is Cc1ccc(NC(=O)[C@H](C)N[C@@H](C)c2ccc(F)cc2)cc1. The Morgan fingerprint density at radius 3 is 2.18 bits per heavy atom. The van der Waals surface area contributed by atoms with Crippen LogP contribution in [0, 0.1) is 12.7 Å². The fourth-order valence-electron chi connectivity index (χ4n) is 2.19. The summed E-state index contributed by atoms with van der Waals surface area (Å²) in [5.41, 5.74) is 2.86. The Morgan fingerprint density at radius 2 is 1.59 bits per heavy atom. The molecular formula is C18H21FN2O. The van der Waals surface area contributed by atoms with E-state index >= 15 is 0 Å². The molecule has 0 spiro atoms. The quantitative estimate of drug-likeness (QED) is 0.881. The van der Waals surface area contributed by atoms with Gasteiger partial charge in [0.2, 0.25) is 5.91 Å². The van der Waals surface area contributed by atoms with Crippen LogP contribution >= 0.6 is 0 Å². The molecule has 0 aliphatic carbocycles. The van der Waals surface area contributed by atoms with Gasteiger partial charge in [0, 0.05) is 11.7 Å². The van der Waals surface area contributed by atoms with Crippen molar-refractivity contribution in [2.75, 3.05) is 5.32 Å². The van der Waals surface area contributed by atoms with Crippen molar-refractivity contribution in [3.05, 3.63) is 65.5 Å². The minimum atomic E-state index is -0.360. The van der Waals surface area contributed by atoms with Crippen LogP contribution in [0.4, 0.5) is 10.1 Å². The maximum absolute atomic E-state index is 12.9. The van der Waals surface area contributed by atoms with Gasteiger partial charge in [-0.1, -0.05) is 29.8 Å². The molecule has 0 aliphatic heterocycles. The number of rotatable bonds is 5.